The molecule has 230 valence electrons. The topological polar surface area (TPSA) is 151 Å². The van der Waals surface area contributed by atoms with E-state index in [0.717, 1.165) is 18.4 Å². The fourth-order valence-corrected chi connectivity index (χ4v) is 3.74. The number of hydrogen-bond donors (Lipinski definition) is 3. The summed E-state index contributed by atoms with van der Waals surface area (Å²) < 4.78 is 26.1. The molecule has 1 aromatic rings. The van der Waals surface area contributed by atoms with Crippen LogP contribution in [0, 0.1) is 5.92 Å². The molecule has 12 heteroatoms. The zero-order chi connectivity index (χ0) is 29.9. The van der Waals surface area contributed by atoms with Crippen molar-refractivity contribution in [3.8, 4) is 0 Å². The maximum atomic E-state index is 13.2. The van der Waals surface area contributed by atoms with E-state index in [4.69, 9.17) is 23.7 Å². The minimum absolute atomic E-state index is 0.00648. The van der Waals surface area contributed by atoms with Gasteiger partial charge in [0, 0.05) is 19.6 Å². The van der Waals surface area contributed by atoms with E-state index in [1.807, 2.05) is 44.2 Å². The van der Waals surface area contributed by atoms with Gasteiger partial charge in [-0.3, -0.25) is 14.4 Å². The standard InChI is InChI=1S/C29H45N3O9/c1-21(2)19-25(32-29(36)41-18-17-40-16-15-39-14-13-38-12-11-37-3)27(34)31-24(20-22-7-5-4-6-8-22)26(33)28(35)30-23-9-10-23/h4-8,21,23-25H,9-20H2,1-3H3,(H,30,35)(H,31,34)(H,32,36)/t24-,25-/m0/s1. The molecule has 0 saturated heterocycles. The van der Waals surface area contributed by atoms with Crippen LogP contribution in [0.4, 0.5) is 4.79 Å². The molecule has 0 unspecified atom stereocenters. The predicted octanol–water partition coefficient (Wildman–Crippen LogP) is 1.40. The van der Waals surface area contributed by atoms with E-state index in [0.29, 0.717) is 46.1 Å². The van der Waals surface area contributed by atoms with Crippen molar-refractivity contribution in [2.75, 3.05) is 60.0 Å². The van der Waals surface area contributed by atoms with Crippen LogP contribution >= 0.6 is 0 Å². The largest absolute Gasteiger partial charge is 0.447 e. The highest BCUT2D eigenvalue weighted by Gasteiger charge is 2.33. The number of amides is 3. The zero-order valence-electron chi connectivity index (χ0n) is 24.4. The average Bonchev–Trinajstić information content (AvgIpc) is 3.76. The number of Topliss-reactive ketones (excluding diaryl/α,β-unsaturated/α-hetero) is 1. The molecule has 1 aromatic carbocycles. The first-order valence-corrected chi connectivity index (χ1v) is 14.1. The summed E-state index contributed by atoms with van der Waals surface area (Å²) in [6.07, 6.45) is 1.34. The van der Waals surface area contributed by atoms with Gasteiger partial charge in [-0.2, -0.15) is 0 Å². The van der Waals surface area contributed by atoms with Gasteiger partial charge in [-0.25, -0.2) is 4.79 Å². The van der Waals surface area contributed by atoms with Gasteiger partial charge in [-0.15, -0.1) is 0 Å². The molecule has 1 aliphatic carbocycles. The first-order valence-electron chi connectivity index (χ1n) is 14.1. The van der Waals surface area contributed by atoms with Gasteiger partial charge >= 0.3 is 6.09 Å². The van der Waals surface area contributed by atoms with Crippen LogP contribution in [0.3, 0.4) is 0 Å². The second kappa shape index (κ2) is 19.9. The quantitative estimate of drug-likeness (QED) is 0.137. The normalized spacial score (nSPS) is 14.2. The van der Waals surface area contributed by atoms with Gasteiger partial charge < -0.3 is 39.6 Å². The number of nitrogens with one attached hydrogen (secondary N) is 3. The highest BCUT2D eigenvalue weighted by atomic mass is 16.6. The molecule has 0 aromatic heterocycles. The second-order valence-corrected chi connectivity index (χ2v) is 10.2. The van der Waals surface area contributed by atoms with E-state index in [9.17, 15) is 19.2 Å². The highest BCUT2D eigenvalue weighted by Crippen LogP contribution is 2.18. The van der Waals surface area contributed by atoms with Crippen LogP contribution in [0.1, 0.15) is 38.7 Å². The van der Waals surface area contributed by atoms with Gasteiger partial charge in [-0.05, 0) is 30.7 Å². The van der Waals surface area contributed by atoms with Gasteiger partial charge in [0.2, 0.25) is 11.7 Å². The number of methoxy groups -OCH3 is 1. The third-order valence-corrected chi connectivity index (χ3v) is 6.00. The second-order valence-electron chi connectivity index (χ2n) is 10.2. The van der Waals surface area contributed by atoms with E-state index in [-0.39, 0.29) is 31.6 Å². The number of hydrogen-bond acceptors (Lipinski definition) is 9. The summed E-state index contributed by atoms with van der Waals surface area (Å²) in [5, 5.41) is 7.96. The van der Waals surface area contributed by atoms with Gasteiger partial charge in [0.25, 0.3) is 5.91 Å². The Morgan fingerprint density at radius 2 is 1.39 bits per heavy atom. The molecule has 2 atom stereocenters. The number of rotatable bonds is 22. The average molecular weight is 580 g/mol. The molecule has 0 aliphatic heterocycles. The lowest BCUT2D eigenvalue weighted by Gasteiger charge is -2.23. The van der Waals surface area contributed by atoms with Crippen molar-refractivity contribution in [2.24, 2.45) is 5.92 Å². The van der Waals surface area contributed by atoms with E-state index in [1.54, 1.807) is 7.11 Å². The SMILES string of the molecule is COCCOCCOCCOCCOC(=O)N[C@@H](CC(C)C)C(=O)N[C@@H](Cc1ccccc1)C(=O)C(=O)NC1CC1. The smallest absolute Gasteiger partial charge is 0.407 e. The summed E-state index contributed by atoms with van der Waals surface area (Å²) in [5.74, 6) is -1.95. The molecule has 12 nitrogen and oxygen atoms in total. The Morgan fingerprint density at radius 3 is 1.95 bits per heavy atom. The maximum Gasteiger partial charge on any atom is 0.407 e. The molecule has 3 N–H and O–H groups in total. The molecule has 1 aliphatic rings. The van der Waals surface area contributed by atoms with Crippen LogP contribution in [0.2, 0.25) is 0 Å². The zero-order valence-corrected chi connectivity index (χ0v) is 24.4. The lowest BCUT2D eigenvalue weighted by Crippen LogP contribution is -2.55. The lowest BCUT2D eigenvalue weighted by atomic mass is 9.99. The van der Waals surface area contributed by atoms with Crippen LogP contribution in [0.5, 0.6) is 0 Å². The van der Waals surface area contributed by atoms with Crippen LogP contribution in [0.15, 0.2) is 30.3 Å². The number of carbonyl (C=O) groups excluding carboxylic acids is 4. The summed E-state index contributed by atoms with van der Waals surface area (Å²) in [5.41, 5.74) is 0.791. The molecular formula is C29H45N3O9. The van der Waals surface area contributed by atoms with Crippen LogP contribution in [-0.4, -0.2) is 102 Å². The van der Waals surface area contributed by atoms with Crippen molar-refractivity contribution in [3.63, 3.8) is 0 Å². The molecule has 2 rings (SSSR count). The Balaban J connectivity index is 1.79. The first kappa shape index (κ1) is 34.1. The summed E-state index contributed by atoms with van der Waals surface area (Å²) in [6, 6.07) is 7.09. The van der Waals surface area contributed by atoms with Crippen LogP contribution < -0.4 is 16.0 Å². The van der Waals surface area contributed by atoms with Gasteiger partial charge in [0.1, 0.15) is 18.7 Å². The van der Waals surface area contributed by atoms with Crippen molar-refractivity contribution in [3.05, 3.63) is 35.9 Å². The molecule has 1 saturated carbocycles. The molecule has 0 spiro atoms. The van der Waals surface area contributed by atoms with E-state index >= 15 is 0 Å². The monoisotopic (exact) mass is 579 g/mol. The van der Waals surface area contributed by atoms with Crippen molar-refractivity contribution in [1.29, 1.82) is 0 Å². The Hall–Kier alpha value is -3.06. The third-order valence-electron chi connectivity index (χ3n) is 6.00. The number of ether oxygens (including phenoxy) is 5. The van der Waals surface area contributed by atoms with Crippen molar-refractivity contribution >= 4 is 23.7 Å². The lowest BCUT2D eigenvalue weighted by molar-refractivity contribution is -0.140. The molecule has 0 heterocycles. The molecule has 0 radical (unpaired) electrons. The van der Waals surface area contributed by atoms with E-state index < -0.39 is 35.8 Å². The fraction of sp³-hybridized carbons (Fsp3) is 0.655. The van der Waals surface area contributed by atoms with Gasteiger partial charge in [0.05, 0.1) is 46.2 Å². The van der Waals surface area contributed by atoms with Gasteiger partial charge in [-0.1, -0.05) is 44.2 Å². The van der Waals surface area contributed by atoms with Crippen molar-refractivity contribution < 1.29 is 42.9 Å². The molecular weight excluding hydrogens is 534 g/mol. The Bertz CT molecular complexity index is 925. The Morgan fingerprint density at radius 1 is 0.805 bits per heavy atom. The van der Waals surface area contributed by atoms with Crippen LogP contribution in [0.25, 0.3) is 0 Å². The number of carbonyl (C=O) groups is 4. The minimum Gasteiger partial charge on any atom is -0.447 e. The third kappa shape index (κ3) is 15.5. The summed E-state index contributed by atoms with van der Waals surface area (Å²) in [6.45, 7) is 6.61. The summed E-state index contributed by atoms with van der Waals surface area (Å²) >= 11 is 0. The molecule has 41 heavy (non-hydrogen) atoms. The molecule has 1 fully saturated rings. The van der Waals surface area contributed by atoms with E-state index in [1.165, 1.54) is 0 Å². The molecule has 3 amide bonds. The fourth-order valence-electron chi connectivity index (χ4n) is 3.74. The number of ketones is 1. The van der Waals surface area contributed by atoms with E-state index in [2.05, 4.69) is 16.0 Å². The summed E-state index contributed by atoms with van der Waals surface area (Å²) in [4.78, 5) is 51.1. The maximum absolute atomic E-state index is 13.2. The highest BCUT2D eigenvalue weighted by molar-refractivity contribution is 6.38. The number of benzene rings is 1. The Labute approximate surface area is 242 Å². The van der Waals surface area contributed by atoms with Crippen molar-refractivity contribution in [2.45, 2.75) is 57.7 Å². The van der Waals surface area contributed by atoms with Crippen molar-refractivity contribution in [1.82, 2.24) is 16.0 Å². The molecule has 0 bridgehead atoms. The minimum atomic E-state index is -1.08. The van der Waals surface area contributed by atoms with Crippen LogP contribution in [-0.2, 0) is 44.5 Å². The predicted molar refractivity (Wildman–Crippen MR) is 150 cm³/mol. The first-order chi connectivity index (χ1) is 19.8. The van der Waals surface area contributed by atoms with Gasteiger partial charge in [0.15, 0.2) is 0 Å². The summed E-state index contributed by atoms with van der Waals surface area (Å²) in [7, 11) is 1.61. The number of alkyl carbamates (subject to hydrolysis) is 1. The Kier molecular flexibility index (Phi) is 16.6.